The lowest BCUT2D eigenvalue weighted by Gasteiger charge is -2.41. The van der Waals surface area contributed by atoms with Crippen LogP contribution in [-0.2, 0) is 0 Å². The molecule has 2 saturated heterocycles. The molecule has 94 valence electrons. The second kappa shape index (κ2) is 6.02. The average molecular weight is 224 g/mol. The number of hydrogen-bond acceptors (Lipinski definition) is 2. The first-order valence-electron chi connectivity index (χ1n) is 7.32. The number of nitrogens with zero attached hydrogens (tertiary/aromatic N) is 1. The number of unbranched alkanes of at least 4 members (excludes halogenated alkanes) is 2. The first-order chi connectivity index (χ1) is 7.83. The van der Waals surface area contributed by atoms with Gasteiger partial charge in [0.1, 0.15) is 0 Å². The van der Waals surface area contributed by atoms with E-state index in [0.29, 0.717) is 0 Å². The van der Waals surface area contributed by atoms with Crippen LogP contribution in [0.3, 0.4) is 0 Å². The zero-order chi connectivity index (χ0) is 11.4. The Morgan fingerprint density at radius 2 is 2.19 bits per heavy atom. The van der Waals surface area contributed by atoms with Gasteiger partial charge in [-0.2, -0.15) is 0 Å². The van der Waals surface area contributed by atoms with Gasteiger partial charge in [-0.3, -0.25) is 4.90 Å². The zero-order valence-corrected chi connectivity index (χ0v) is 11.0. The van der Waals surface area contributed by atoms with Gasteiger partial charge >= 0.3 is 0 Å². The molecule has 2 aliphatic rings. The number of likely N-dealkylation sites (tertiary alicyclic amines) is 1. The smallest absolute Gasteiger partial charge is 0.0264 e. The van der Waals surface area contributed by atoms with E-state index in [-0.39, 0.29) is 0 Å². The monoisotopic (exact) mass is 224 g/mol. The van der Waals surface area contributed by atoms with Crippen molar-refractivity contribution in [2.75, 3.05) is 13.1 Å². The van der Waals surface area contributed by atoms with Gasteiger partial charge in [0.25, 0.3) is 0 Å². The Hall–Kier alpha value is -0.0800. The van der Waals surface area contributed by atoms with Gasteiger partial charge < -0.3 is 5.32 Å². The van der Waals surface area contributed by atoms with Gasteiger partial charge in [0.15, 0.2) is 0 Å². The van der Waals surface area contributed by atoms with Crippen LogP contribution in [0.25, 0.3) is 0 Å². The van der Waals surface area contributed by atoms with E-state index in [0.717, 1.165) is 18.1 Å². The summed E-state index contributed by atoms with van der Waals surface area (Å²) in [7, 11) is 0. The van der Waals surface area contributed by atoms with E-state index >= 15 is 0 Å². The summed E-state index contributed by atoms with van der Waals surface area (Å²) in [5.74, 6) is 0. The fourth-order valence-electron chi connectivity index (χ4n) is 3.51. The third kappa shape index (κ3) is 2.78. The zero-order valence-electron chi connectivity index (χ0n) is 11.0. The summed E-state index contributed by atoms with van der Waals surface area (Å²) >= 11 is 0. The van der Waals surface area contributed by atoms with E-state index in [1.807, 2.05) is 0 Å². The highest BCUT2D eigenvalue weighted by atomic mass is 15.2. The molecule has 0 amide bonds. The Morgan fingerprint density at radius 3 is 3.00 bits per heavy atom. The maximum Gasteiger partial charge on any atom is 0.0264 e. The lowest BCUT2D eigenvalue weighted by Crippen LogP contribution is -2.51. The van der Waals surface area contributed by atoms with Crippen LogP contribution in [0.1, 0.15) is 58.8 Å². The molecule has 1 unspecified atom stereocenters. The van der Waals surface area contributed by atoms with Crippen LogP contribution in [0, 0.1) is 0 Å². The largest absolute Gasteiger partial charge is 0.312 e. The van der Waals surface area contributed by atoms with Crippen molar-refractivity contribution in [3.63, 3.8) is 0 Å². The molecule has 0 aliphatic carbocycles. The molecular formula is C14H28N2. The van der Waals surface area contributed by atoms with Crippen molar-refractivity contribution >= 4 is 0 Å². The summed E-state index contributed by atoms with van der Waals surface area (Å²) in [4.78, 5) is 2.80. The average Bonchev–Trinajstić information content (AvgIpc) is 2.76. The van der Waals surface area contributed by atoms with E-state index in [2.05, 4.69) is 24.1 Å². The molecule has 2 aliphatic heterocycles. The maximum atomic E-state index is 3.67. The third-order valence-electron chi connectivity index (χ3n) is 4.46. The molecule has 0 aromatic rings. The standard InChI is InChI=1S/C14H28N2/c1-3-4-5-7-12(2)16-11-6-8-13-14(16)9-10-15-13/h12-15H,3-11H2,1-2H3/t12?,13-,14-/m1/s1. The molecule has 2 fully saturated rings. The summed E-state index contributed by atoms with van der Waals surface area (Å²) < 4.78 is 0. The van der Waals surface area contributed by atoms with Crippen molar-refractivity contribution < 1.29 is 0 Å². The lowest BCUT2D eigenvalue weighted by atomic mass is 9.94. The minimum absolute atomic E-state index is 0.805. The predicted molar refractivity (Wildman–Crippen MR) is 69.7 cm³/mol. The van der Waals surface area contributed by atoms with Crippen LogP contribution >= 0.6 is 0 Å². The first-order valence-corrected chi connectivity index (χ1v) is 7.32. The fourth-order valence-corrected chi connectivity index (χ4v) is 3.51. The summed E-state index contributed by atoms with van der Waals surface area (Å²) in [6.07, 6.45) is 9.75. The van der Waals surface area contributed by atoms with Gasteiger partial charge in [0, 0.05) is 18.1 Å². The first kappa shape index (κ1) is 12.4. The third-order valence-corrected chi connectivity index (χ3v) is 4.46. The Morgan fingerprint density at radius 1 is 1.31 bits per heavy atom. The predicted octanol–water partition coefficient (Wildman–Crippen LogP) is 2.78. The van der Waals surface area contributed by atoms with Gasteiger partial charge in [-0.25, -0.2) is 0 Å². The number of hydrogen-bond donors (Lipinski definition) is 1. The number of rotatable bonds is 5. The highest BCUT2D eigenvalue weighted by Crippen LogP contribution is 2.27. The van der Waals surface area contributed by atoms with Gasteiger partial charge in [-0.1, -0.05) is 26.2 Å². The van der Waals surface area contributed by atoms with Gasteiger partial charge in [-0.15, -0.1) is 0 Å². The molecule has 16 heavy (non-hydrogen) atoms. The van der Waals surface area contributed by atoms with Crippen molar-refractivity contribution in [1.82, 2.24) is 10.2 Å². The van der Waals surface area contributed by atoms with Crippen LogP contribution in [0.4, 0.5) is 0 Å². The highest BCUT2D eigenvalue weighted by Gasteiger charge is 2.36. The Bertz CT molecular complexity index is 205. The molecule has 0 saturated carbocycles. The highest BCUT2D eigenvalue weighted by molar-refractivity contribution is 4.95. The molecule has 3 atom stereocenters. The Labute approximate surface area is 101 Å². The molecule has 2 heteroatoms. The van der Waals surface area contributed by atoms with Crippen molar-refractivity contribution in [2.45, 2.75) is 76.9 Å². The van der Waals surface area contributed by atoms with E-state index in [1.54, 1.807) is 0 Å². The van der Waals surface area contributed by atoms with Crippen LogP contribution < -0.4 is 5.32 Å². The molecule has 0 aromatic carbocycles. The van der Waals surface area contributed by atoms with Crippen LogP contribution in [0.15, 0.2) is 0 Å². The molecule has 2 heterocycles. The quantitative estimate of drug-likeness (QED) is 0.722. The minimum Gasteiger partial charge on any atom is -0.312 e. The van der Waals surface area contributed by atoms with E-state index in [9.17, 15) is 0 Å². The minimum atomic E-state index is 0.805. The summed E-state index contributed by atoms with van der Waals surface area (Å²) in [5.41, 5.74) is 0. The van der Waals surface area contributed by atoms with Gasteiger partial charge in [0.05, 0.1) is 0 Å². The second-order valence-corrected chi connectivity index (χ2v) is 5.64. The molecule has 2 rings (SSSR count). The van der Waals surface area contributed by atoms with Crippen LogP contribution in [-0.4, -0.2) is 36.1 Å². The molecule has 0 aromatic heterocycles. The van der Waals surface area contributed by atoms with Crippen LogP contribution in [0.5, 0.6) is 0 Å². The summed E-state index contributed by atoms with van der Waals surface area (Å²) in [6.45, 7) is 7.32. The van der Waals surface area contributed by atoms with Crippen molar-refractivity contribution in [3.8, 4) is 0 Å². The normalized spacial score (nSPS) is 32.6. The lowest BCUT2D eigenvalue weighted by molar-refractivity contribution is 0.0902. The van der Waals surface area contributed by atoms with Gasteiger partial charge in [0.2, 0.25) is 0 Å². The van der Waals surface area contributed by atoms with Gasteiger partial charge in [-0.05, 0) is 45.7 Å². The molecule has 1 N–H and O–H groups in total. The fraction of sp³-hybridized carbons (Fsp3) is 1.00. The molecular weight excluding hydrogens is 196 g/mol. The second-order valence-electron chi connectivity index (χ2n) is 5.64. The molecule has 0 bridgehead atoms. The number of fused-ring (bicyclic) bond motifs is 1. The molecule has 2 nitrogen and oxygen atoms in total. The van der Waals surface area contributed by atoms with E-state index in [4.69, 9.17) is 0 Å². The molecule has 0 spiro atoms. The molecule has 0 radical (unpaired) electrons. The Balaban J connectivity index is 1.82. The maximum absolute atomic E-state index is 3.67. The van der Waals surface area contributed by atoms with E-state index in [1.165, 1.54) is 58.0 Å². The number of piperidine rings is 1. The SMILES string of the molecule is CCCCCC(C)N1CCC[C@H]2NCC[C@H]21. The van der Waals surface area contributed by atoms with Crippen molar-refractivity contribution in [1.29, 1.82) is 0 Å². The van der Waals surface area contributed by atoms with Crippen LogP contribution in [0.2, 0.25) is 0 Å². The van der Waals surface area contributed by atoms with Crippen molar-refractivity contribution in [2.24, 2.45) is 0 Å². The van der Waals surface area contributed by atoms with Crippen molar-refractivity contribution in [3.05, 3.63) is 0 Å². The van der Waals surface area contributed by atoms with E-state index < -0.39 is 0 Å². The Kier molecular flexibility index (Phi) is 4.66. The summed E-state index contributed by atoms with van der Waals surface area (Å²) in [6, 6.07) is 2.46. The topological polar surface area (TPSA) is 15.3 Å². The number of nitrogens with one attached hydrogen (secondary N) is 1. The summed E-state index contributed by atoms with van der Waals surface area (Å²) in [5, 5.41) is 3.67.